The van der Waals surface area contributed by atoms with Gasteiger partial charge < -0.3 is 14.6 Å². The Morgan fingerprint density at radius 1 is 1.32 bits per heavy atom. The number of aromatic nitrogens is 2. The van der Waals surface area contributed by atoms with Gasteiger partial charge in [0.15, 0.2) is 0 Å². The molecule has 1 N–H and O–H groups in total. The van der Waals surface area contributed by atoms with E-state index in [1.165, 1.54) is 12.1 Å². The van der Waals surface area contributed by atoms with E-state index in [-0.39, 0.29) is 5.54 Å². The van der Waals surface area contributed by atoms with Gasteiger partial charge in [0.25, 0.3) is 0 Å². The van der Waals surface area contributed by atoms with Gasteiger partial charge in [0.1, 0.15) is 5.82 Å². The van der Waals surface area contributed by atoms with Crippen molar-refractivity contribution in [3.63, 3.8) is 0 Å². The third-order valence-corrected chi connectivity index (χ3v) is 3.04. The number of unbranched alkanes of at least 4 members (excludes halogenated alkanes) is 1. The minimum absolute atomic E-state index is 0.126. The highest BCUT2D eigenvalue weighted by molar-refractivity contribution is 5.04. The molecule has 4 nitrogen and oxygen atoms in total. The highest BCUT2D eigenvalue weighted by Gasteiger charge is 2.12. The number of rotatable bonds is 8. The van der Waals surface area contributed by atoms with Crippen LogP contribution in [0, 0.1) is 6.92 Å². The number of nitrogens with one attached hydrogen (secondary N) is 1. The van der Waals surface area contributed by atoms with Gasteiger partial charge in [-0.1, -0.05) is 13.3 Å². The summed E-state index contributed by atoms with van der Waals surface area (Å²) in [6.45, 7) is 14.1. The number of hydrogen-bond acceptors (Lipinski definition) is 3. The molecule has 0 atom stereocenters. The first-order valence-corrected chi connectivity index (χ1v) is 7.28. The molecule has 0 fully saturated rings. The van der Waals surface area contributed by atoms with Gasteiger partial charge in [-0.3, -0.25) is 0 Å². The summed E-state index contributed by atoms with van der Waals surface area (Å²) in [6.07, 6.45) is 4.28. The van der Waals surface area contributed by atoms with E-state index in [1.807, 2.05) is 13.1 Å². The van der Waals surface area contributed by atoms with E-state index >= 15 is 0 Å². The molecule has 0 aliphatic rings. The highest BCUT2D eigenvalue weighted by atomic mass is 16.5. The van der Waals surface area contributed by atoms with Crippen molar-refractivity contribution in [1.29, 1.82) is 0 Å². The van der Waals surface area contributed by atoms with E-state index in [0.717, 1.165) is 38.5 Å². The minimum Gasteiger partial charge on any atom is -0.380 e. The maximum absolute atomic E-state index is 5.63. The van der Waals surface area contributed by atoms with Crippen molar-refractivity contribution in [3.05, 3.63) is 17.7 Å². The molecule has 1 heterocycles. The van der Waals surface area contributed by atoms with Gasteiger partial charge in [0.05, 0.1) is 12.3 Å². The molecule has 0 unspecified atom stereocenters. The van der Waals surface area contributed by atoms with Crippen LogP contribution in [0.4, 0.5) is 0 Å². The zero-order valence-corrected chi connectivity index (χ0v) is 13.1. The van der Waals surface area contributed by atoms with Crippen LogP contribution < -0.4 is 5.32 Å². The summed E-state index contributed by atoms with van der Waals surface area (Å²) in [4.78, 5) is 4.40. The van der Waals surface area contributed by atoms with E-state index < -0.39 is 0 Å². The third-order valence-electron chi connectivity index (χ3n) is 3.04. The summed E-state index contributed by atoms with van der Waals surface area (Å²) in [6, 6.07) is 0. The molecular weight excluding hydrogens is 238 g/mol. The SMILES string of the molecule is CCCCOCCn1c(CNC(C)(C)C)cnc1C. The van der Waals surface area contributed by atoms with Gasteiger partial charge >= 0.3 is 0 Å². The van der Waals surface area contributed by atoms with E-state index in [0.29, 0.717) is 0 Å². The number of hydrogen-bond donors (Lipinski definition) is 1. The van der Waals surface area contributed by atoms with Crippen LogP contribution in [0.2, 0.25) is 0 Å². The number of aryl methyl sites for hydroxylation is 1. The Kier molecular flexibility index (Phi) is 6.52. The van der Waals surface area contributed by atoms with Crippen LogP contribution in [0.3, 0.4) is 0 Å². The first-order chi connectivity index (χ1) is 8.94. The molecule has 0 saturated carbocycles. The molecule has 0 amide bonds. The summed E-state index contributed by atoms with van der Waals surface area (Å²) in [5, 5.41) is 3.50. The zero-order valence-electron chi connectivity index (χ0n) is 13.1. The Morgan fingerprint density at radius 2 is 2.05 bits per heavy atom. The van der Waals surface area contributed by atoms with Crippen LogP contribution in [0.5, 0.6) is 0 Å². The van der Waals surface area contributed by atoms with E-state index in [1.54, 1.807) is 0 Å². The Labute approximate surface area is 117 Å². The molecule has 4 heteroatoms. The van der Waals surface area contributed by atoms with E-state index in [9.17, 15) is 0 Å². The molecule has 0 aliphatic heterocycles. The minimum atomic E-state index is 0.126. The second-order valence-electron chi connectivity index (χ2n) is 6.02. The Morgan fingerprint density at radius 3 is 2.68 bits per heavy atom. The average molecular weight is 267 g/mol. The largest absolute Gasteiger partial charge is 0.380 e. The van der Waals surface area contributed by atoms with Crippen LogP contribution in [0.15, 0.2) is 6.20 Å². The lowest BCUT2D eigenvalue weighted by Crippen LogP contribution is -2.35. The van der Waals surface area contributed by atoms with E-state index in [2.05, 4.69) is 42.6 Å². The molecule has 19 heavy (non-hydrogen) atoms. The van der Waals surface area contributed by atoms with Crippen molar-refractivity contribution in [2.24, 2.45) is 0 Å². The van der Waals surface area contributed by atoms with Crippen molar-refractivity contribution in [2.45, 2.75) is 66.1 Å². The van der Waals surface area contributed by atoms with Gasteiger partial charge in [0, 0.05) is 31.4 Å². The Bertz CT molecular complexity index is 366. The van der Waals surface area contributed by atoms with Crippen LogP contribution in [0.25, 0.3) is 0 Å². The molecule has 0 aliphatic carbocycles. The lowest BCUT2D eigenvalue weighted by Gasteiger charge is -2.21. The summed E-state index contributed by atoms with van der Waals surface area (Å²) in [7, 11) is 0. The zero-order chi connectivity index (χ0) is 14.3. The lowest BCUT2D eigenvalue weighted by molar-refractivity contribution is 0.122. The molecule has 1 rings (SSSR count). The molecule has 110 valence electrons. The molecule has 0 saturated heterocycles. The predicted molar refractivity (Wildman–Crippen MR) is 79.3 cm³/mol. The van der Waals surface area contributed by atoms with Crippen LogP contribution in [-0.4, -0.2) is 28.3 Å². The highest BCUT2D eigenvalue weighted by Crippen LogP contribution is 2.07. The number of ether oxygens (including phenoxy) is 1. The van der Waals surface area contributed by atoms with Crippen molar-refractivity contribution in [1.82, 2.24) is 14.9 Å². The molecule has 0 spiro atoms. The maximum atomic E-state index is 5.63. The van der Waals surface area contributed by atoms with Gasteiger partial charge in [-0.2, -0.15) is 0 Å². The Hall–Kier alpha value is -0.870. The summed E-state index contributed by atoms with van der Waals surface area (Å²) in [5.74, 6) is 1.06. The second kappa shape index (κ2) is 7.65. The molecule has 1 aromatic heterocycles. The molecule has 0 radical (unpaired) electrons. The Balaban J connectivity index is 2.45. The van der Waals surface area contributed by atoms with Crippen LogP contribution in [0.1, 0.15) is 52.1 Å². The predicted octanol–water partition coefficient (Wildman–Crippen LogP) is 2.90. The maximum Gasteiger partial charge on any atom is 0.105 e. The third kappa shape index (κ3) is 6.21. The fourth-order valence-corrected chi connectivity index (χ4v) is 1.82. The quantitative estimate of drug-likeness (QED) is 0.736. The van der Waals surface area contributed by atoms with Crippen molar-refractivity contribution in [3.8, 4) is 0 Å². The topological polar surface area (TPSA) is 39.1 Å². The van der Waals surface area contributed by atoms with E-state index in [4.69, 9.17) is 4.74 Å². The lowest BCUT2D eigenvalue weighted by atomic mass is 10.1. The molecule has 1 aromatic rings. The summed E-state index contributed by atoms with van der Waals surface area (Å²) < 4.78 is 7.87. The van der Waals surface area contributed by atoms with Crippen LogP contribution >= 0.6 is 0 Å². The number of imidazole rings is 1. The van der Waals surface area contributed by atoms with Crippen LogP contribution in [-0.2, 0) is 17.8 Å². The van der Waals surface area contributed by atoms with Gasteiger partial charge in [0.2, 0.25) is 0 Å². The smallest absolute Gasteiger partial charge is 0.105 e. The second-order valence-corrected chi connectivity index (χ2v) is 6.02. The van der Waals surface area contributed by atoms with Crippen molar-refractivity contribution >= 4 is 0 Å². The van der Waals surface area contributed by atoms with Gasteiger partial charge in [-0.15, -0.1) is 0 Å². The monoisotopic (exact) mass is 267 g/mol. The molecule has 0 aromatic carbocycles. The van der Waals surface area contributed by atoms with Gasteiger partial charge in [-0.05, 0) is 34.1 Å². The van der Waals surface area contributed by atoms with Gasteiger partial charge in [-0.25, -0.2) is 4.98 Å². The fraction of sp³-hybridized carbons (Fsp3) is 0.800. The average Bonchev–Trinajstić information content (AvgIpc) is 2.67. The number of nitrogens with zero attached hydrogens (tertiary/aromatic N) is 2. The fourth-order valence-electron chi connectivity index (χ4n) is 1.82. The first-order valence-electron chi connectivity index (χ1n) is 7.28. The standard InChI is InChI=1S/C15H29N3O/c1-6-7-9-19-10-8-18-13(2)16-11-14(18)12-17-15(3,4)5/h11,17H,6-10,12H2,1-5H3. The summed E-state index contributed by atoms with van der Waals surface area (Å²) in [5.41, 5.74) is 1.35. The first kappa shape index (κ1) is 16.2. The molecular formula is C15H29N3O. The normalized spacial score (nSPS) is 12.1. The van der Waals surface area contributed by atoms with Crippen molar-refractivity contribution < 1.29 is 4.74 Å². The molecule has 0 bridgehead atoms. The summed E-state index contributed by atoms with van der Waals surface area (Å²) >= 11 is 0. The van der Waals surface area contributed by atoms with Crippen molar-refractivity contribution in [2.75, 3.05) is 13.2 Å².